The Morgan fingerprint density at radius 2 is 2.24 bits per heavy atom. The van der Waals surface area contributed by atoms with Gasteiger partial charge < -0.3 is 14.8 Å². The lowest BCUT2D eigenvalue weighted by Crippen LogP contribution is -2.40. The van der Waals surface area contributed by atoms with Gasteiger partial charge in [0.05, 0.1) is 13.2 Å². The van der Waals surface area contributed by atoms with E-state index in [4.69, 9.17) is 9.47 Å². The summed E-state index contributed by atoms with van der Waals surface area (Å²) in [5, 5.41) is 3.71. The van der Waals surface area contributed by atoms with Crippen molar-refractivity contribution in [1.82, 2.24) is 10.3 Å². The molecule has 2 heterocycles. The van der Waals surface area contributed by atoms with E-state index in [1.807, 2.05) is 6.20 Å². The van der Waals surface area contributed by atoms with Crippen LogP contribution < -0.4 is 5.32 Å². The van der Waals surface area contributed by atoms with Gasteiger partial charge in [0, 0.05) is 30.3 Å². The molecule has 2 unspecified atom stereocenters. The molecule has 2 aliphatic rings. The second kappa shape index (κ2) is 7.34. The SMILES string of the molecule is CCCNC(CC1OCCO1)C1CCCc2cccnc21. The van der Waals surface area contributed by atoms with Gasteiger partial charge in [0.15, 0.2) is 6.29 Å². The average molecular weight is 290 g/mol. The lowest BCUT2D eigenvalue weighted by molar-refractivity contribution is -0.0547. The molecule has 0 radical (unpaired) electrons. The summed E-state index contributed by atoms with van der Waals surface area (Å²) >= 11 is 0. The highest BCUT2D eigenvalue weighted by Crippen LogP contribution is 2.34. The quantitative estimate of drug-likeness (QED) is 0.874. The van der Waals surface area contributed by atoms with Gasteiger partial charge in [0.1, 0.15) is 0 Å². The zero-order chi connectivity index (χ0) is 14.5. The highest BCUT2D eigenvalue weighted by atomic mass is 16.7. The summed E-state index contributed by atoms with van der Waals surface area (Å²) in [5.41, 5.74) is 2.71. The highest BCUT2D eigenvalue weighted by Gasteiger charge is 2.32. The van der Waals surface area contributed by atoms with Gasteiger partial charge in [0.25, 0.3) is 0 Å². The van der Waals surface area contributed by atoms with Gasteiger partial charge in [-0.15, -0.1) is 0 Å². The largest absolute Gasteiger partial charge is 0.350 e. The van der Waals surface area contributed by atoms with E-state index in [-0.39, 0.29) is 6.29 Å². The van der Waals surface area contributed by atoms with Crippen molar-refractivity contribution in [2.45, 2.75) is 57.3 Å². The maximum Gasteiger partial charge on any atom is 0.159 e. The van der Waals surface area contributed by atoms with Crippen LogP contribution in [0.15, 0.2) is 18.3 Å². The molecule has 0 bridgehead atoms. The van der Waals surface area contributed by atoms with Crippen LogP contribution in [-0.4, -0.2) is 37.1 Å². The monoisotopic (exact) mass is 290 g/mol. The molecular weight excluding hydrogens is 264 g/mol. The summed E-state index contributed by atoms with van der Waals surface area (Å²) in [6, 6.07) is 4.68. The Morgan fingerprint density at radius 3 is 3.05 bits per heavy atom. The first-order valence-corrected chi connectivity index (χ1v) is 8.29. The van der Waals surface area contributed by atoms with Gasteiger partial charge in [0.2, 0.25) is 0 Å². The molecule has 4 heteroatoms. The van der Waals surface area contributed by atoms with Crippen molar-refractivity contribution in [2.24, 2.45) is 0 Å². The minimum Gasteiger partial charge on any atom is -0.350 e. The molecular formula is C17H26N2O2. The minimum atomic E-state index is -0.0477. The number of nitrogens with one attached hydrogen (secondary N) is 1. The molecule has 1 fully saturated rings. The van der Waals surface area contributed by atoms with Crippen LogP contribution in [0, 0.1) is 0 Å². The van der Waals surface area contributed by atoms with E-state index in [0.717, 1.165) is 39.0 Å². The average Bonchev–Trinajstić information content (AvgIpc) is 3.04. The summed E-state index contributed by atoms with van der Waals surface area (Å²) in [6.45, 7) is 4.70. The number of hydrogen-bond acceptors (Lipinski definition) is 4. The summed E-state index contributed by atoms with van der Waals surface area (Å²) in [4.78, 5) is 4.68. The van der Waals surface area contributed by atoms with Crippen molar-refractivity contribution in [3.05, 3.63) is 29.6 Å². The lowest BCUT2D eigenvalue weighted by atomic mass is 9.80. The molecule has 3 rings (SSSR count). The normalized spacial score (nSPS) is 24.0. The summed E-state index contributed by atoms with van der Waals surface area (Å²) < 4.78 is 11.3. The molecule has 1 aliphatic heterocycles. The van der Waals surface area contributed by atoms with Crippen LogP contribution in [0.25, 0.3) is 0 Å². The number of aryl methyl sites for hydroxylation is 1. The van der Waals surface area contributed by atoms with Crippen LogP contribution in [0.5, 0.6) is 0 Å². The molecule has 0 aromatic carbocycles. The standard InChI is InChI=1S/C17H26N2O2/c1-2-8-18-15(12-16-20-10-11-21-16)14-7-3-5-13-6-4-9-19-17(13)14/h4,6,9,14-16,18H,2-3,5,7-8,10-12H2,1H3. The Bertz CT molecular complexity index is 446. The van der Waals surface area contributed by atoms with Gasteiger partial charge in [-0.05, 0) is 43.9 Å². The maximum atomic E-state index is 5.66. The smallest absolute Gasteiger partial charge is 0.159 e. The molecule has 21 heavy (non-hydrogen) atoms. The van der Waals surface area contributed by atoms with Crippen LogP contribution in [0.1, 0.15) is 49.8 Å². The fourth-order valence-corrected chi connectivity index (χ4v) is 3.51. The van der Waals surface area contributed by atoms with E-state index in [1.54, 1.807) is 0 Å². The van der Waals surface area contributed by atoms with Crippen LogP contribution in [-0.2, 0) is 15.9 Å². The molecule has 1 N–H and O–H groups in total. The van der Waals surface area contributed by atoms with E-state index < -0.39 is 0 Å². The van der Waals surface area contributed by atoms with Crippen LogP contribution in [0.3, 0.4) is 0 Å². The first-order valence-electron chi connectivity index (χ1n) is 8.29. The zero-order valence-electron chi connectivity index (χ0n) is 12.9. The third-order valence-corrected chi connectivity index (χ3v) is 4.52. The molecule has 0 spiro atoms. The van der Waals surface area contributed by atoms with Crippen LogP contribution in [0.2, 0.25) is 0 Å². The first-order chi connectivity index (χ1) is 10.4. The molecule has 0 amide bonds. The predicted molar refractivity (Wildman–Crippen MR) is 82.3 cm³/mol. The van der Waals surface area contributed by atoms with E-state index in [2.05, 4.69) is 29.4 Å². The number of rotatable bonds is 6. The molecule has 1 aliphatic carbocycles. The van der Waals surface area contributed by atoms with Gasteiger partial charge in [-0.2, -0.15) is 0 Å². The van der Waals surface area contributed by atoms with Crippen molar-refractivity contribution in [3.63, 3.8) is 0 Å². The van der Waals surface area contributed by atoms with Crippen LogP contribution in [0.4, 0.5) is 0 Å². The van der Waals surface area contributed by atoms with E-state index >= 15 is 0 Å². The van der Waals surface area contributed by atoms with Gasteiger partial charge in [-0.25, -0.2) is 0 Å². The Balaban J connectivity index is 1.75. The summed E-state index contributed by atoms with van der Waals surface area (Å²) in [6.07, 6.45) is 7.56. The Labute approximate surface area is 127 Å². The number of fused-ring (bicyclic) bond motifs is 1. The third kappa shape index (κ3) is 3.62. The number of hydrogen-bond donors (Lipinski definition) is 1. The van der Waals surface area contributed by atoms with Gasteiger partial charge in [-0.3, -0.25) is 4.98 Å². The van der Waals surface area contributed by atoms with Crippen molar-refractivity contribution in [2.75, 3.05) is 19.8 Å². The zero-order valence-corrected chi connectivity index (χ0v) is 12.9. The Kier molecular flexibility index (Phi) is 5.22. The fraction of sp³-hybridized carbons (Fsp3) is 0.706. The molecule has 116 valence electrons. The van der Waals surface area contributed by atoms with Gasteiger partial charge in [-0.1, -0.05) is 13.0 Å². The molecule has 1 aromatic heterocycles. The summed E-state index contributed by atoms with van der Waals surface area (Å²) in [7, 11) is 0. The first kappa shape index (κ1) is 14.9. The molecule has 0 saturated carbocycles. The number of ether oxygens (including phenoxy) is 2. The van der Waals surface area contributed by atoms with E-state index in [0.29, 0.717) is 12.0 Å². The van der Waals surface area contributed by atoms with Crippen molar-refractivity contribution in [1.29, 1.82) is 0 Å². The molecule has 1 aromatic rings. The Hall–Kier alpha value is -0.970. The lowest BCUT2D eigenvalue weighted by Gasteiger charge is -2.33. The molecule has 4 nitrogen and oxygen atoms in total. The molecule has 2 atom stereocenters. The van der Waals surface area contributed by atoms with E-state index in [9.17, 15) is 0 Å². The maximum absolute atomic E-state index is 5.66. The van der Waals surface area contributed by atoms with Gasteiger partial charge >= 0.3 is 0 Å². The second-order valence-corrected chi connectivity index (χ2v) is 6.01. The third-order valence-electron chi connectivity index (χ3n) is 4.52. The predicted octanol–water partition coefficient (Wildman–Crippen LogP) is 2.63. The minimum absolute atomic E-state index is 0.0477. The highest BCUT2D eigenvalue weighted by molar-refractivity contribution is 5.27. The number of aromatic nitrogens is 1. The number of nitrogens with zero attached hydrogens (tertiary/aromatic N) is 1. The van der Waals surface area contributed by atoms with Crippen molar-refractivity contribution < 1.29 is 9.47 Å². The van der Waals surface area contributed by atoms with Crippen molar-refractivity contribution in [3.8, 4) is 0 Å². The summed E-state index contributed by atoms with van der Waals surface area (Å²) in [5.74, 6) is 0.481. The fourth-order valence-electron chi connectivity index (χ4n) is 3.51. The van der Waals surface area contributed by atoms with Crippen molar-refractivity contribution >= 4 is 0 Å². The Morgan fingerprint density at radius 1 is 1.38 bits per heavy atom. The number of pyridine rings is 1. The van der Waals surface area contributed by atoms with E-state index in [1.165, 1.54) is 24.1 Å². The molecule has 1 saturated heterocycles. The van der Waals surface area contributed by atoms with Crippen LogP contribution >= 0.6 is 0 Å². The second-order valence-electron chi connectivity index (χ2n) is 6.01. The topological polar surface area (TPSA) is 43.4 Å².